The molecule has 6 nitrogen and oxygen atoms in total. The molecule has 0 aliphatic rings. The third-order valence-electron chi connectivity index (χ3n) is 4.14. The Hall–Kier alpha value is -2.34. The average molecular weight is 330 g/mol. The molecule has 3 atom stereocenters. The Bertz CT molecular complexity index is 641. The summed E-state index contributed by atoms with van der Waals surface area (Å²) in [6.45, 7) is 5.90. The number of carbonyl (C=O) groups excluding carboxylic acids is 1. The lowest BCUT2D eigenvalue weighted by Gasteiger charge is -2.21. The maximum absolute atomic E-state index is 12.2. The first-order valence-electron chi connectivity index (χ1n) is 8.34. The summed E-state index contributed by atoms with van der Waals surface area (Å²) in [5, 5.41) is 20.1. The van der Waals surface area contributed by atoms with Crippen LogP contribution in [0.4, 0.5) is 10.6 Å². The molecule has 0 saturated heterocycles. The number of urea groups is 1. The Morgan fingerprint density at radius 1 is 1.25 bits per heavy atom. The van der Waals surface area contributed by atoms with Crippen molar-refractivity contribution in [3.63, 3.8) is 0 Å². The van der Waals surface area contributed by atoms with Crippen LogP contribution in [-0.2, 0) is 6.42 Å². The van der Waals surface area contributed by atoms with Crippen LogP contribution in [0.25, 0.3) is 0 Å². The van der Waals surface area contributed by atoms with Crippen molar-refractivity contribution in [2.45, 2.75) is 51.8 Å². The lowest BCUT2D eigenvalue weighted by Crippen LogP contribution is -2.44. The first kappa shape index (κ1) is 18.0. The largest absolute Gasteiger partial charge is 0.391 e. The summed E-state index contributed by atoms with van der Waals surface area (Å²) < 4.78 is 1.78. The number of nitrogens with one attached hydrogen (secondary N) is 2. The van der Waals surface area contributed by atoms with Crippen LogP contribution in [0.1, 0.15) is 38.8 Å². The van der Waals surface area contributed by atoms with Crippen molar-refractivity contribution < 1.29 is 9.90 Å². The molecule has 6 heteroatoms. The number of carbonyl (C=O) groups is 1. The van der Waals surface area contributed by atoms with Gasteiger partial charge in [0, 0.05) is 12.5 Å². The highest BCUT2D eigenvalue weighted by atomic mass is 16.3. The summed E-state index contributed by atoms with van der Waals surface area (Å²) in [5.41, 5.74) is 1.04. The quantitative estimate of drug-likeness (QED) is 0.730. The molecule has 1 heterocycles. The number of aromatic nitrogens is 2. The van der Waals surface area contributed by atoms with Gasteiger partial charge in [0.05, 0.1) is 24.4 Å². The molecule has 3 unspecified atom stereocenters. The van der Waals surface area contributed by atoms with Crippen LogP contribution in [-0.4, -0.2) is 33.1 Å². The van der Waals surface area contributed by atoms with Gasteiger partial charge in [0.2, 0.25) is 0 Å². The third-order valence-corrected chi connectivity index (χ3v) is 4.14. The molecule has 2 rings (SSSR count). The maximum atomic E-state index is 12.2. The second kappa shape index (κ2) is 8.49. The normalized spacial score (nSPS) is 14.7. The third kappa shape index (κ3) is 4.83. The molecular formula is C18H26N4O2. The first-order valence-corrected chi connectivity index (χ1v) is 8.34. The molecule has 3 N–H and O–H groups in total. The molecule has 130 valence electrons. The zero-order valence-corrected chi connectivity index (χ0v) is 14.4. The van der Waals surface area contributed by atoms with Crippen LogP contribution in [0.2, 0.25) is 0 Å². The van der Waals surface area contributed by atoms with Crippen molar-refractivity contribution in [2.75, 3.05) is 5.32 Å². The van der Waals surface area contributed by atoms with E-state index in [9.17, 15) is 9.90 Å². The summed E-state index contributed by atoms with van der Waals surface area (Å²) in [7, 11) is 0. The van der Waals surface area contributed by atoms with Gasteiger partial charge >= 0.3 is 6.03 Å². The first-order chi connectivity index (χ1) is 11.5. The van der Waals surface area contributed by atoms with Crippen LogP contribution in [0.15, 0.2) is 42.6 Å². The zero-order valence-electron chi connectivity index (χ0n) is 14.4. The molecule has 1 aromatic heterocycles. The van der Waals surface area contributed by atoms with Crippen LogP contribution in [0.5, 0.6) is 0 Å². The number of aliphatic hydroxyl groups excluding tert-OH is 1. The van der Waals surface area contributed by atoms with Crippen molar-refractivity contribution in [3.05, 3.63) is 48.2 Å². The van der Waals surface area contributed by atoms with E-state index in [0.29, 0.717) is 12.2 Å². The van der Waals surface area contributed by atoms with E-state index in [1.54, 1.807) is 23.9 Å². The molecular weight excluding hydrogens is 304 g/mol. The lowest BCUT2D eigenvalue weighted by atomic mass is 10.0. The highest BCUT2D eigenvalue weighted by molar-refractivity contribution is 5.88. The average Bonchev–Trinajstić information content (AvgIpc) is 3.02. The molecule has 0 saturated carbocycles. The van der Waals surface area contributed by atoms with Crippen molar-refractivity contribution in [2.24, 2.45) is 0 Å². The van der Waals surface area contributed by atoms with Crippen LogP contribution >= 0.6 is 0 Å². The van der Waals surface area contributed by atoms with Gasteiger partial charge in [0.25, 0.3) is 0 Å². The second-order valence-electron chi connectivity index (χ2n) is 6.06. The molecule has 24 heavy (non-hydrogen) atoms. The Balaban J connectivity index is 1.88. The molecule has 1 aromatic carbocycles. The van der Waals surface area contributed by atoms with Crippen LogP contribution < -0.4 is 10.6 Å². The Labute approximate surface area is 142 Å². The van der Waals surface area contributed by atoms with Crippen molar-refractivity contribution in [1.29, 1.82) is 0 Å². The summed E-state index contributed by atoms with van der Waals surface area (Å²) in [6.07, 6.45) is 2.42. The lowest BCUT2D eigenvalue weighted by molar-refractivity contribution is 0.137. The van der Waals surface area contributed by atoms with Gasteiger partial charge in [-0.1, -0.05) is 37.3 Å². The van der Waals surface area contributed by atoms with E-state index >= 15 is 0 Å². The zero-order chi connectivity index (χ0) is 17.5. The van der Waals surface area contributed by atoms with Crippen LogP contribution in [0.3, 0.4) is 0 Å². The molecule has 0 spiro atoms. The highest BCUT2D eigenvalue weighted by Crippen LogP contribution is 2.16. The molecule has 0 aliphatic heterocycles. The smallest absolute Gasteiger partial charge is 0.320 e. The predicted molar refractivity (Wildman–Crippen MR) is 95.0 cm³/mol. The topological polar surface area (TPSA) is 79.2 Å². The second-order valence-corrected chi connectivity index (χ2v) is 6.06. The number of nitrogens with zero attached hydrogens (tertiary/aromatic N) is 2. The molecule has 0 radical (unpaired) electrons. The van der Waals surface area contributed by atoms with Gasteiger partial charge in [-0.05, 0) is 25.8 Å². The van der Waals surface area contributed by atoms with Crippen LogP contribution in [0, 0.1) is 0 Å². The van der Waals surface area contributed by atoms with E-state index in [4.69, 9.17) is 0 Å². The fourth-order valence-electron chi connectivity index (χ4n) is 2.43. The number of amides is 2. The van der Waals surface area contributed by atoms with Gasteiger partial charge < -0.3 is 10.4 Å². The van der Waals surface area contributed by atoms with Gasteiger partial charge in [-0.25, -0.2) is 9.48 Å². The van der Waals surface area contributed by atoms with Gasteiger partial charge in [-0.3, -0.25) is 5.32 Å². The maximum Gasteiger partial charge on any atom is 0.320 e. The van der Waals surface area contributed by atoms with Crippen molar-refractivity contribution in [1.82, 2.24) is 15.1 Å². The number of anilines is 1. The van der Waals surface area contributed by atoms with E-state index in [0.717, 1.165) is 12.0 Å². The summed E-state index contributed by atoms with van der Waals surface area (Å²) in [4.78, 5) is 12.2. The van der Waals surface area contributed by atoms with E-state index in [1.165, 1.54) is 0 Å². The van der Waals surface area contributed by atoms with Crippen molar-refractivity contribution in [3.8, 4) is 0 Å². The number of aliphatic hydroxyl groups is 1. The minimum Gasteiger partial charge on any atom is -0.391 e. The van der Waals surface area contributed by atoms with Gasteiger partial charge in [0.15, 0.2) is 0 Å². The summed E-state index contributed by atoms with van der Waals surface area (Å²) >= 11 is 0. The minimum atomic E-state index is -0.655. The minimum absolute atomic E-state index is 0.205. The van der Waals surface area contributed by atoms with Crippen molar-refractivity contribution >= 4 is 11.8 Å². The van der Waals surface area contributed by atoms with E-state index < -0.39 is 6.10 Å². The molecule has 0 fully saturated rings. The van der Waals surface area contributed by atoms with E-state index in [1.807, 2.05) is 37.3 Å². The monoisotopic (exact) mass is 330 g/mol. The Morgan fingerprint density at radius 2 is 1.96 bits per heavy atom. The van der Waals surface area contributed by atoms with Gasteiger partial charge in [-0.15, -0.1) is 0 Å². The van der Waals surface area contributed by atoms with Gasteiger partial charge in [0.1, 0.15) is 5.82 Å². The fraction of sp³-hybridized carbons (Fsp3) is 0.444. The Kier molecular flexibility index (Phi) is 6.37. The summed E-state index contributed by atoms with van der Waals surface area (Å²) in [5.74, 6) is 0.645. The number of benzene rings is 1. The standard InChI is InChI=1S/C18H26N4O2/c1-4-13(2)22-17(10-11-19-22)21-18(24)20-14(3)16(23)12-15-8-6-5-7-9-15/h5-11,13-14,16,23H,4,12H2,1-3H3,(H2,20,21,24). The highest BCUT2D eigenvalue weighted by Gasteiger charge is 2.18. The fourth-order valence-corrected chi connectivity index (χ4v) is 2.43. The van der Waals surface area contributed by atoms with E-state index in [-0.39, 0.29) is 18.1 Å². The Morgan fingerprint density at radius 3 is 2.62 bits per heavy atom. The summed E-state index contributed by atoms with van der Waals surface area (Å²) in [6, 6.07) is 11.0. The number of hydrogen-bond donors (Lipinski definition) is 3. The molecule has 0 bridgehead atoms. The SMILES string of the molecule is CCC(C)n1nccc1NC(=O)NC(C)C(O)Cc1ccccc1. The van der Waals surface area contributed by atoms with E-state index in [2.05, 4.69) is 22.7 Å². The molecule has 0 aliphatic carbocycles. The molecule has 2 aromatic rings. The number of hydrogen-bond acceptors (Lipinski definition) is 3. The molecule has 2 amide bonds. The predicted octanol–water partition coefficient (Wildman–Crippen LogP) is 2.97. The number of rotatable bonds is 7. The van der Waals surface area contributed by atoms with Gasteiger partial charge in [-0.2, -0.15) is 5.10 Å².